The fraction of sp³-hybridized carbons (Fsp3) is 0.375. The fourth-order valence-corrected chi connectivity index (χ4v) is 2.41. The van der Waals surface area contributed by atoms with Crippen molar-refractivity contribution in [2.45, 2.75) is 26.3 Å². The van der Waals surface area contributed by atoms with Crippen LogP contribution in [0, 0.1) is 0 Å². The van der Waals surface area contributed by atoms with Gasteiger partial charge in [-0.05, 0) is 24.6 Å². The van der Waals surface area contributed by atoms with Crippen molar-refractivity contribution in [1.82, 2.24) is 19.9 Å². The van der Waals surface area contributed by atoms with Gasteiger partial charge in [-0.25, -0.2) is 9.36 Å². The van der Waals surface area contributed by atoms with Crippen molar-refractivity contribution in [3.8, 4) is 22.9 Å². The van der Waals surface area contributed by atoms with E-state index >= 15 is 0 Å². The van der Waals surface area contributed by atoms with E-state index in [2.05, 4.69) is 15.3 Å². The van der Waals surface area contributed by atoms with E-state index in [1.54, 1.807) is 25.3 Å². The molecule has 0 aliphatic rings. The van der Waals surface area contributed by atoms with Gasteiger partial charge in [0.05, 0.1) is 14.2 Å². The van der Waals surface area contributed by atoms with Crippen LogP contribution in [0.1, 0.15) is 25.1 Å². The molecule has 2 aromatic heterocycles. The number of ether oxygens (including phenoxy) is 2. The highest BCUT2D eigenvalue weighted by molar-refractivity contribution is 5.61. The van der Waals surface area contributed by atoms with Crippen molar-refractivity contribution < 1.29 is 18.5 Å². The van der Waals surface area contributed by atoms with Crippen LogP contribution in [0.4, 0.5) is 0 Å². The second kappa shape index (κ2) is 7.20. The molecule has 3 rings (SSSR count). The van der Waals surface area contributed by atoms with Crippen LogP contribution < -0.4 is 15.2 Å². The minimum Gasteiger partial charge on any atom is -0.493 e. The average Bonchev–Trinajstić information content (AvgIpc) is 3.22. The molecule has 3 aromatic rings. The van der Waals surface area contributed by atoms with Gasteiger partial charge in [-0.2, -0.15) is 4.98 Å². The molecule has 2 heterocycles. The van der Waals surface area contributed by atoms with E-state index in [0.29, 0.717) is 41.0 Å². The molecular formula is C16H18N4O5. The summed E-state index contributed by atoms with van der Waals surface area (Å²) in [4.78, 5) is 16.3. The molecule has 132 valence electrons. The highest BCUT2D eigenvalue weighted by Crippen LogP contribution is 2.31. The summed E-state index contributed by atoms with van der Waals surface area (Å²) in [6, 6.07) is 5.19. The summed E-state index contributed by atoms with van der Waals surface area (Å²) in [7, 11) is 3.08. The van der Waals surface area contributed by atoms with Crippen LogP contribution in [0.3, 0.4) is 0 Å². The molecule has 1 aromatic carbocycles. The lowest BCUT2D eigenvalue weighted by Crippen LogP contribution is -2.16. The van der Waals surface area contributed by atoms with E-state index in [4.69, 9.17) is 18.5 Å². The molecule has 0 unspecified atom stereocenters. The fourth-order valence-electron chi connectivity index (χ4n) is 2.41. The Kier molecular flexibility index (Phi) is 4.82. The summed E-state index contributed by atoms with van der Waals surface area (Å²) in [5.41, 5.74) is 0.636. The van der Waals surface area contributed by atoms with Gasteiger partial charge in [-0.3, -0.25) is 4.52 Å². The Balaban J connectivity index is 1.95. The predicted molar refractivity (Wildman–Crippen MR) is 86.7 cm³/mol. The first kappa shape index (κ1) is 16.7. The number of aromatic nitrogens is 4. The molecule has 9 nitrogen and oxygen atoms in total. The summed E-state index contributed by atoms with van der Waals surface area (Å²) < 4.78 is 21.8. The number of aryl methyl sites for hydroxylation is 1. The van der Waals surface area contributed by atoms with Gasteiger partial charge >= 0.3 is 5.76 Å². The van der Waals surface area contributed by atoms with E-state index in [-0.39, 0.29) is 6.54 Å². The molecular weight excluding hydrogens is 328 g/mol. The summed E-state index contributed by atoms with van der Waals surface area (Å²) in [6.45, 7) is 2.10. The van der Waals surface area contributed by atoms with Gasteiger partial charge in [0, 0.05) is 12.0 Å². The maximum Gasteiger partial charge on any atom is 0.442 e. The molecule has 0 aliphatic heterocycles. The molecule has 0 radical (unpaired) electrons. The minimum atomic E-state index is -0.611. The van der Waals surface area contributed by atoms with E-state index in [1.165, 1.54) is 11.7 Å². The predicted octanol–water partition coefficient (Wildman–Crippen LogP) is 1.90. The van der Waals surface area contributed by atoms with Gasteiger partial charge in [0.1, 0.15) is 6.54 Å². The summed E-state index contributed by atoms with van der Waals surface area (Å²) in [5, 5.41) is 7.72. The van der Waals surface area contributed by atoms with Crippen molar-refractivity contribution in [2.75, 3.05) is 14.2 Å². The maximum atomic E-state index is 12.0. The Labute approximate surface area is 143 Å². The molecule has 0 atom stereocenters. The molecule has 0 saturated heterocycles. The molecule has 0 spiro atoms. The van der Waals surface area contributed by atoms with Gasteiger partial charge < -0.3 is 14.0 Å². The zero-order valence-electron chi connectivity index (χ0n) is 14.2. The first-order chi connectivity index (χ1) is 12.2. The molecule has 9 heteroatoms. The molecule has 0 fully saturated rings. The lowest BCUT2D eigenvalue weighted by molar-refractivity contribution is 0.351. The van der Waals surface area contributed by atoms with Crippen LogP contribution >= 0.6 is 0 Å². The Morgan fingerprint density at radius 2 is 1.92 bits per heavy atom. The Morgan fingerprint density at radius 1 is 1.12 bits per heavy atom. The van der Waals surface area contributed by atoms with E-state index < -0.39 is 5.76 Å². The van der Waals surface area contributed by atoms with Gasteiger partial charge in [0.15, 0.2) is 23.1 Å². The summed E-state index contributed by atoms with van der Waals surface area (Å²) in [5.74, 6) is 1.74. The van der Waals surface area contributed by atoms with Crippen molar-refractivity contribution in [3.63, 3.8) is 0 Å². The SMILES string of the molecule is CCCc1noc(Cn2c(-c3ccc(OC)c(OC)c3)noc2=O)n1. The first-order valence-corrected chi connectivity index (χ1v) is 7.76. The minimum absolute atomic E-state index is 0.0721. The third-order valence-corrected chi connectivity index (χ3v) is 3.61. The van der Waals surface area contributed by atoms with Crippen molar-refractivity contribution in [3.05, 3.63) is 40.5 Å². The second-order valence-electron chi connectivity index (χ2n) is 5.28. The lowest BCUT2D eigenvalue weighted by Gasteiger charge is -2.09. The average molecular weight is 346 g/mol. The number of rotatable bonds is 7. The van der Waals surface area contributed by atoms with Crippen LogP contribution in [-0.4, -0.2) is 34.1 Å². The molecule has 0 bridgehead atoms. The molecule has 0 N–H and O–H groups in total. The van der Waals surface area contributed by atoms with Gasteiger partial charge in [-0.15, -0.1) is 0 Å². The number of methoxy groups -OCH3 is 2. The number of benzene rings is 1. The van der Waals surface area contributed by atoms with Crippen LogP contribution in [-0.2, 0) is 13.0 Å². The zero-order valence-corrected chi connectivity index (χ0v) is 14.2. The van der Waals surface area contributed by atoms with Crippen molar-refractivity contribution >= 4 is 0 Å². The van der Waals surface area contributed by atoms with E-state index in [1.807, 2.05) is 6.92 Å². The smallest absolute Gasteiger partial charge is 0.442 e. The third-order valence-electron chi connectivity index (χ3n) is 3.61. The van der Waals surface area contributed by atoms with Crippen LogP contribution in [0.5, 0.6) is 11.5 Å². The quantitative estimate of drug-likeness (QED) is 0.639. The third kappa shape index (κ3) is 3.39. The molecule has 0 amide bonds. The standard InChI is InChI=1S/C16H18N4O5/c1-4-5-13-17-14(24-18-13)9-20-15(19-25-16(20)21)10-6-7-11(22-2)12(8-10)23-3/h6-8H,4-5,9H2,1-3H3. The zero-order chi connectivity index (χ0) is 17.8. The van der Waals surface area contributed by atoms with Crippen LogP contribution in [0.25, 0.3) is 11.4 Å². The normalized spacial score (nSPS) is 10.8. The Hall–Kier alpha value is -3.10. The Bertz CT molecular complexity index is 911. The van der Waals surface area contributed by atoms with Crippen LogP contribution in [0.2, 0.25) is 0 Å². The van der Waals surface area contributed by atoms with Gasteiger partial charge in [0.25, 0.3) is 0 Å². The lowest BCUT2D eigenvalue weighted by atomic mass is 10.2. The molecule has 25 heavy (non-hydrogen) atoms. The van der Waals surface area contributed by atoms with Crippen LogP contribution in [0.15, 0.2) is 32.0 Å². The highest BCUT2D eigenvalue weighted by Gasteiger charge is 2.18. The van der Waals surface area contributed by atoms with E-state index in [0.717, 1.165) is 6.42 Å². The topological polar surface area (TPSA) is 105 Å². The highest BCUT2D eigenvalue weighted by atomic mass is 16.5. The molecule has 0 saturated carbocycles. The second-order valence-corrected chi connectivity index (χ2v) is 5.28. The maximum absolute atomic E-state index is 12.0. The number of hydrogen-bond donors (Lipinski definition) is 0. The number of hydrogen-bond acceptors (Lipinski definition) is 8. The Morgan fingerprint density at radius 3 is 2.64 bits per heavy atom. The largest absolute Gasteiger partial charge is 0.493 e. The summed E-state index contributed by atoms with van der Waals surface area (Å²) in [6.07, 6.45) is 1.62. The summed E-state index contributed by atoms with van der Waals surface area (Å²) >= 11 is 0. The van der Waals surface area contributed by atoms with Crippen molar-refractivity contribution in [1.29, 1.82) is 0 Å². The van der Waals surface area contributed by atoms with Gasteiger partial charge in [-0.1, -0.05) is 17.2 Å². The van der Waals surface area contributed by atoms with Crippen molar-refractivity contribution in [2.24, 2.45) is 0 Å². The van der Waals surface area contributed by atoms with Gasteiger partial charge in [0.2, 0.25) is 5.89 Å². The monoisotopic (exact) mass is 346 g/mol. The number of nitrogens with zero attached hydrogens (tertiary/aromatic N) is 4. The molecule has 0 aliphatic carbocycles. The van der Waals surface area contributed by atoms with E-state index in [9.17, 15) is 4.79 Å². The first-order valence-electron chi connectivity index (χ1n) is 7.76.